The molecule has 0 atom stereocenters. The average Bonchev–Trinajstić information content (AvgIpc) is 2.56. The van der Waals surface area contributed by atoms with Crippen LogP contribution in [0.5, 0.6) is 0 Å². The zero-order chi connectivity index (χ0) is 16.8. The molecule has 0 saturated carbocycles. The van der Waals surface area contributed by atoms with Gasteiger partial charge in [0.25, 0.3) is 0 Å². The highest BCUT2D eigenvalue weighted by molar-refractivity contribution is 6.00. The second kappa shape index (κ2) is 13.1. The lowest BCUT2D eigenvalue weighted by Crippen LogP contribution is -2.17. The minimum absolute atomic E-state index is 0.230. The van der Waals surface area contributed by atoms with Gasteiger partial charge in [-0.2, -0.15) is 0 Å². The molecule has 1 N–H and O–H groups in total. The average molecular weight is 322 g/mol. The van der Waals surface area contributed by atoms with Crippen LogP contribution in [0.1, 0.15) is 63.9 Å². The zero-order valence-corrected chi connectivity index (χ0v) is 14.6. The van der Waals surface area contributed by atoms with Gasteiger partial charge in [-0.3, -0.25) is 0 Å². The highest BCUT2D eigenvalue weighted by Crippen LogP contribution is 2.09. The van der Waals surface area contributed by atoms with Crippen molar-refractivity contribution in [2.24, 2.45) is 5.16 Å². The minimum atomic E-state index is -0.230. The van der Waals surface area contributed by atoms with Crippen molar-refractivity contribution in [2.45, 2.75) is 58.3 Å². The molecule has 0 fully saturated rings. The van der Waals surface area contributed by atoms with Crippen molar-refractivity contribution in [3.05, 3.63) is 35.6 Å². The summed E-state index contributed by atoms with van der Waals surface area (Å²) in [5.41, 5.74) is 1.79. The number of hydrogen-bond acceptors (Lipinski definition) is 3. The number of rotatable bonds is 13. The maximum Gasteiger partial charge on any atom is 0.123 e. The van der Waals surface area contributed by atoms with Gasteiger partial charge in [-0.15, -0.1) is 0 Å². The molecule has 3 nitrogen and oxygen atoms in total. The number of nitrogens with one attached hydrogen (secondary N) is 1. The van der Waals surface area contributed by atoms with E-state index in [0.29, 0.717) is 0 Å². The van der Waals surface area contributed by atoms with E-state index in [2.05, 4.69) is 17.4 Å². The molecule has 0 amide bonds. The predicted octanol–water partition coefficient (Wildman–Crippen LogP) is 4.91. The van der Waals surface area contributed by atoms with Crippen LogP contribution in [-0.4, -0.2) is 25.9 Å². The molecule has 23 heavy (non-hydrogen) atoms. The molecular weight excluding hydrogens is 291 g/mol. The first-order valence-corrected chi connectivity index (χ1v) is 8.84. The number of halogens is 1. The Morgan fingerprint density at radius 1 is 1.00 bits per heavy atom. The van der Waals surface area contributed by atoms with Crippen LogP contribution < -0.4 is 5.32 Å². The Morgan fingerprint density at radius 3 is 2.35 bits per heavy atom. The van der Waals surface area contributed by atoms with Crippen LogP contribution in [0, 0.1) is 5.82 Å². The summed E-state index contributed by atoms with van der Waals surface area (Å²) in [4.78, 5) is 4.90. The zero-order valence-electron chi connectivity index (χ0n) is 14.6. The summed E-state index contributed by atoms with van der Waals surface area (Å²) in [6.07, 6.45) is 9.77. The first-order chi connectivity index (χ1) is 11.3. The summed E-state index contributed by atoms with van der Waals surface area (Å²) in [7, 11) is 1.54. The van der Waals surface area contributed by atoms with Gasteiger partial charge in [-0.05, 0) is 50.0 Å². The van der Waals surface area contributed by atoms with Crippen LogP contribution in [0.25, 0.3) is 0 Å². The van der Waals surface area contributed by atoms with Crippen LogP contribution >= 0.6 is 0 Å². The van der Waals surface area contributed by atoms with Crippen LogP contribution in [0.2, 0.25) is 0 Å². The van der Waals surface area contributed by atoms with Gasteiger partial charge in [0.15, 0.2) is 0 Å². The topological polar surface area (TPSA) is 33.6 Å². The lowest BCUT2D eigenvalue weighted by Gasteiger charge is -2.07. The van der Waals surface area contributed by atoms with Gasteiger partial charge in [-0.1, -0.05) is 56.3 Å². The van der Waals surface area contributed by atoms with Gasteiger partial charge in [0, 0.05) is 0 Å². The SMILES string of the molecule is CCCCCCCCNCCC/C(=N/OC)c1ccc(F)cc1. The Kier molecular flexibility index (Phi) is 11.1. The fourth-order valence-corrected chi connectivity index (χ4v) is 2.53. The third-order valence-electron chi connectivity index (χ3n) is 3.85. The molecule has 0 bridgehead atoms. The van der Waals surface area contributed by atoms with E-state index in [-0.39, 0.29) is 5.82 Å². The van der Waals surface area contributed by atoms with Gasteiger partial charge in [0.2, 0.25) is 0 Å². The maximum absolute atomic E-state index is 13.0. The van der Waals surface area contributed by atoms with E-state index in [1.807, 2.05) is 0 Å². The predicted molar refractivity (Wildman–Crippen MR) is 95.4 cm³/mol. The van der Waals surface area contributed by atoms with Crippen molar-refractivity contribution in [3.63, 3.8) is 0 Å². The summed E-state index contributed by atoms with van der Waals surface area (Å²) < 4.78 is 13.0. The molecule has 0 saturated heterocycles. The van der Waals surface area contributed by atoms with Crippen LogP contribution in [0.15, 0.2) is 29.4 Å². The highest BCUT2D eigenvalue weighted by atomic mass is 19.1. The second-order valence-electron chi connectivity index (χ2n) is 5.85. The summed E-state index contributed by atoms with van der Waals surface area (Å²) in [6, 6.07) is 6.41. The normalized spacial score (nSPS) is 11.7. The van der Waals surface area contributed by atoms with Crippen LogP contribution in [0.3, 0.4) is 0 Å². The molecule has 4 heteroatoms. The smallest absolute Gasteiger partial charge is 0.123 e. The monoisotopic (exact) mass is 322 g/mol. The van der Waals surface area contributed by atoms with Crippen molar-refractivity contribution in [1.29, 1.82) is 0 Å². The maximum atomic E-state index is 13.0. The lowest BCUT2D eigenvalue weighted by atomic mass is 10.1. The van der Waals surface area contributed by atoms with Gasteiger partial charge in [-0.25, -0.2) is 4.39 Å². The van der Waals surface area contributed by atoms with E-state index in [9.17, 15) is 4.39 Å². The number of unbranched alkanes of at least 4 members (excludes halogenated alkanes) is 5. The van der Waals surface area contributed by atoms with E-state index in [1.165, 1.54) is 50.7 Å². The molecule has 0 aromatic heterocycles. The second-order valence-corrected chi connectivity index (χ2v) is 5.85. The molecule has 1 aromatic rings. The fraction of sp³-hybridized carbons (Fsp3) is 0.632. The number of oxime groups is 1. The summed E-state index contributed by atoms with van der Waals surface area (Å²) in [6.45, 7) is 4.30. The molecule has 0 aliphatic rings. The van der Waals surface area contributed by atoms with Gasteiger partial charge >= 0.3 is 0 Å². The van der Waals surface area contributed by atoms with Crippen LogP contribution in [-0.2, 0) is 4.84 Å². The number of nitrogens with zero attached hydrogens (tertiary/aromatic N) is 1. The molecule has 0 spiro atoms. The third-order valence-corrected chi connectivity index (χ3v) is 3.85. The van der Waals surface area contributed by atoms with Crippen molar-refractivity contribution >= 4 is 5.71 Å². The largest absolute Gasteiger partial charge is 0.399 e. The van der Waals surface area contributed by atoms with E-state index in [0.717, 1.165) is 37.2 Å². The first-order valence-electron chi connectivity index (χ1n) is 8.84. The lowest BCUT2D eigenvalue weighted by molar-refractivity contribution is 0.212. The van der Waals surface area contributed by atoms with Crippen molar-refractivity contribution < 1.29 is 9.23 Å². The van der Waals surface area contributed by atoms with Gasteiger partial charge < -0.3 is 10.2 Å². The van der Waals surface area contributed by atoms with E-state index < -0.39 is 0 Å². The first kappa shape index (κ1) is 19.6. The van der Waals surface area contributed by atoms with Crippen molar-refractivity contribution in [1.82, 2.24) is 5.32 Å². The van der Waals surface area contributed by atoms with Crippen molar-refractivity contribution in [3.8, 4) is 0 Å². The fourth-order valence-electron chi connectivity index (χ4n) is 2.53. The van der Waals surface area contributed by atoms with Crippen molar-refractivity contribution in [2.75, 3.05) is 20.2 Å². The Hall–Kier alpha value is -1.42. The Morgan fingerprint density at radius 2 is 1.65 bits per heavy atom. The number of benzene rings is 1. The third kappa shape index (κ3) is 9.34. The Labute approximate surface area is 140 Å². The van der Waals surface area contributed by atoms with E-state index in [1.54, 1.807) is 19.2 Å². The summed E-state index contributed by atoms with van der Waals surface area (Å²) >= 11 is 0. The van der Waals surface area contributed by atoms with Gasteiger partial charge in [0.05, 0.1) is 5.71 Å². The highest BCUT2D eigenvalue weighted by Gasteiger charge is 2.05. The molecule has 1 rings (SSSR count). The summed E-state index contributed by atoms with van der Waals surface area (Å²) in [5.74, 6) is -0.230. The van der Waals surface area contributed by atoms with Gasteiger partial charge in [0.1, 0.15) is 12.9 Å². The quantitative estimate of drug-likeness (QED) is 0.318. The molecule has 0 heterocycles. The van der Waals surface area contributed by atoms with E-state index in [4.69, 9.17) is 4.84 Å². The molecule has 130 valence electrons. The van der Waals surface area contributed by atoms with E-state index >= 15 is 0 Å². The Balaban J connectivity index is 2.15. The molecule has 0 radical (unpaired) electrons. The van der Waals surface area contributed by atoms with Crippen LogP contribution in [0.4, 0.5) is 4.39 Å². The minimum Gasteiger partial charge on any atom is -0.399 e. The molecule has 1 aromatic carbocycles. The molecule has 0 unspecified atom stereocenters. The standard InChI is InChI=1S/C19H31FN2O/c1-3-4-5-6-7-8-15-21-16-9-10-19(22-23-2)17-11-13-18(20)14-12-17/h11-14,21H,3-10,15-16H2,1-2H3/b22-19-. The molecule has 0 aliphatic heterocycles. The summed E-state index contributed by atoms with van der Waals surface area (Å²) in [5, 5.41) is 7.54. The Bertz CT molecular complexity index is 432. The molecule has 0 aliphatic carbocycles. The molecular formula is C19H31FN2O. The number of hydrogen-bond donors (Lipinski definition) is 1.